The number of hydrogen-bond acceptors (Lipinski definition) is 5. The van der Waals surface area contributed by atoms with E-state index in [9.17, 15) is 13.2 Å². The molecule has 0 bridgehead atoms. The van der Waals surface area contributed by atoms with Crippen LogP contribution in [0.25, 0.3) is 0 Å². The zero-order chi connectivity index (χ0) is 30.4. The summed E-state index contributed by atoms with van der Waals surface area (Å²) in [4.78, 5) is 13.9. The number of para-hydroxylation sites is 1. The molecular formula is C34H38N2O5S. The van der Waals surface area contributed by atoms with E-state index in [-0.39, 0.29) is 40.6 Å². The Labute approximate surface area is 249 Å². The van der Waals surface area contributed by atoms with Gasteiger partial charge in [-0.3, -0.25) is 9.10 Å². The number of nitrogens with one attached hydrogen (secondary N) is 1. The molecule has 0 fully saturated rings. The van der Waals surface area contributed by atoms with E-state index in [0.29, 0.717) is 5.75 Å². The second-order valence-corrected chi connectivity index (χ2v) is 12.4. The first-order chi connectivity index (χ1) is 20.1. The Hall–Kier alpha value is -4.30. The van der Waals surface area contributed by atoms with Gasteiger partial charge in [-0.1, -0.05) is 56.3 Å². The third-order valence-corrected chi connectivity index (χ3v) is 9.06. The topological polar surface area (TPSA) is 84.9 Å². The minimum atomic E-state index is -4.06. The Morgan fingerprint density at radius 1 is 0.833 bits per heavy atom. The SMILES string of the molecule is COc1ccc(S(=O)(=O)N(Cc2ccccc2)c2ccccc2C(=O)NC(C)c2cc(C(C)C)c(OC)cc2C)cc1. The third kappa shape index (κ3) is 6.60. The summed E-state index contributed by atoms with van der Waals surface area (Å²) in [7, 11) is -0.877. The normalized spacial score (nSPS) is 12.1. The number of carbonyl (C=O) groups excluding carboxylic acids is 1. The van der Waals surface area contributed by atoms with Gasteiger partial charge in [0.25, 0.3) is 15.9 Å². The zero-order valence-electron chi connectivity index (χ0n) is 24.9. The minimum absolute atomic E-state index is 0.0460. The number of rotatable bonds is 11. The highest BCUT2D eigenvalue weighted by Crippen LogP contribution is 2.33. The van der Waals surface area contributed by atoms with Gasteiger partial charge in [-0.15, -0.1) is 0 Å². The number of anilines is 1. The van der Waals surface area contributed by atoms with E-state index in [4.69, 9.17) is 9.47 Å². The smallest absolute Gasteiger partial charge is 0.264 e. The molecule has 0 saturated heterocycles. The first-order valence-corrected chi connectivity index (χ1v) is 15.3. The van der Waals surface area contributed by atoms with Gasteiger partial charge in [0, 0.05) is 0 Å². The summed E-state index contributed by atoms with van der Waals surface area (Å²) >= 11 is 0. The second kappa shape index (κ2) is 13.1. The maximum Gasteiger partial charge on any atom is 0.264 e. The third-order valence-electron chi connectivity index (χ3n) is 7.29. The standard InChI is InChI=1S/C34H38N2O5S/c1-23(2)30-21-31(24(3)20-33(30)41-6)25(4)35-34(37)29-14-10-11-15-32(29)36(22-26-12-8-7-9-13-26)42(38,39)28-18-16-27(40-5)17-19-28/h7-21,23,25H,22H2,1-6H3,(H,35,37). The number of ether oxygens (including phenoxy) is 2. The van der Waals surface area contributed by atoms with Crippen LogP contribution in [0.2, 0.25) is 0 Å². The van der Waals surface area contributed by atoms with Gasteiger partial charge in [0.2, 0.25) is 0 Å². The van der Waals surface area contributed by atoms with E-state index in [2.05, 4.69) is 25.2 Å². The molecule has 4 rings (SSSR count). The maximum atomic E-state index is 14.1. The largest absolute Gasteiger partial charge is 0.497 e. The summed E-state index contributed by atoms with van der Waals surface area (Å²) in [6.45, 7) is 8.16. The molecule has 220 valence electrons. The van der Waals surface area contributed by atoms with Crippen LogP contribution in [0, 0.1) is 6.92 Å². The molecule has 0 aliphatic carbocycles. The summed E-state index contributed by atoms with van der Waals surface area (Å²) in [6, 6.07) is 26.1. The molecule has 1 unspecified atom stereocenters. The molecule has 42 heavy (non-hydrogen) atoms. The lowest BCUT2D eigenvalue weighted by Crippen LogP contribution is -2.34. The van der Waals surface area contributed by atoms with Gasteiger partial charge < -0.3 is 14.8 Å². The summed E-state index contributed by atoms with van der Waals surface area (Å²) in [5.74, 6) is 1.22. The van der Waals surface area contributed by atoms with Crippen molar-refractivity contribution in [3.8, 4) is 11.5 Å². The predicted molar refractivity (Wildman–Crippen MR) is 167 cm³/mol. The van der Waals surface area contributed by atoms with Crippen LogP contribution in [-0.4, -0.2) is 28.5 Å². The average molecular weight is 587 g/mol. The van der Waals surface area contributed by atoms with E-state index >= 15 is 0 Å². The van der Waals surface area contributed by atoms with Crippen LogP contribution in [0.15, 0.2) is 95.9 Å². The molecule has 7 nitrogen and oxygen atoms in total. The fraction of sp³-hybridized carbons (Fsp3) is 0.265. The van der Waals surface area contributed by atoms with Crippen LogP contribution in [0.4, 0.5) is 5.69 Å². The molecule has 1 atom stereocenters. The lowest BCUT2D eigenvalue weighted by molar-refractivity contribution is 0.0940. The lowest BCUT2D eigenvalue weighted by Gasteiger charge is -2.27. The number of hydrogen-bond donors (Lipinski definition) is 1. The van der Waals surface area contributed by atoms with Crippen molar-refractivity contribution >= 4 is 21.6 Å². The van der Waals surface area contributed by atoms with E-state index in [1.165, 1.54) is 23.5 Å². The first kappa shape index (κ1) is 30.7. The number of sulfonamides is 1. The van der Waals surface area contributed by atoms with Gasteiger partial charge in [-0.25, -0.2) is 8.42 Å². The van der Waals surface area contributed by atoms with E-state index in [0.717, 1.165) is 28.0 Å². The van der Waals surface area contributed by atoms with E-state index < -0.39 is 10.0 Å². The Morgan fingerprint density at radius 2 is 1.48 bits per heavy atom. The number of aryl methyl sites for hydroxylation is 1. The zero-order valence-corrected chi connectivity index (χ0v) is 25.7. The number of benzene rings is 4. The maximum absolute atomic E-state index is 14.1. The molecule has 1 amide bonds. The highest BCUT2D eigenvalue weighted by Gasteiger charge is 2.29. The van der Waals surface area contributed by atoms with Crippen molar-refractivity contribution in [1.82, 2.24) is 5.32 Å². The average Bonchev–Trinajstić information content (AvgIpc) is 2.99. The lowest BCUT2D eigenvalue weighted by atomic mass is 9.93. The number of amides is 1. The quantitative estimate of drug-likeness (QED) is 0.204. The molecule has 4 aromatic rings. The Morgan fingerprint density at radius 3 is 2.10 bits per heavy atom. The van der Waals surface area contributed by atoms with Crippen LogP contribution in [-0.2, 0) is 16.6 Å². The molecule has 8 heteroatoms. The molecule has 0 saturated carbocycles. The monoisotopic (exact) mass is 586 g/mol. The van der Waals surface area contributed by atoms with Gasteiger partial charge in [0.1, 0.15) is 11.5 Å². The molecule has 0 radical (unpaired) electrons. The van der Waals surface area contributed by atoms with Crippen LogP contribution >= 0.6 is 0 Å². The van der Waals surface area contributed by atoms with Crippen LogP contribution in [0.3, 0.4) is 0 Å². The van der Waals surface area contributed by atoms with Gasteiger partial charge in [0.15, 0.2) is 0 Å². The van der Waals surface area contributed by atoms with Crippen molar-refractivity contribution in [3.63, 3.8) is 0 Å². The van der Waals surface area contributed by atoms with E-state index in [1.54, 1.807) is 43.5 Å². The molecule has 0 aliphatic heterocycles. The second-order valence-electron chi connectivity index (χ2n) is 10.5. The molecule has 0 heterocycles. The molecule has 1 N–H and O–H groups in total. The van der Waals surface area contributed by atoms with Crippen LogP contribution < -0.4 is 19.1 Å². The highest BCUT2D eigenvalue weighted by molar-refractivity contribution is 7.92. The fourth-order valence-electron chi connectivity index (χ4n) is 4.97. The number of methoxy groups -OCH3 is 2. The molecule has 4 aromatic carbocycles. The molecular weight excluding hydrogens is 548 g/mol. The van der Waals surface area contributed by atoms with Crippen LogP contribution in [0.1, 0.15) is 65.3 Å². The van der Waals surface area contributed by atoms with Gasteiger partial charge >= 0.3 is 0 Å². The van der Waals surface area contributed by atoms with Crippen molar-refractivity contribution in [3.05, 3.63) is 119 Å². The summed E-state index contributed by atoms with van der Waals surface area (Å²) < 4.78 is 40.3. The van der Waals surface area contributed by atoms with Crippen molar-refractivity contribution in [2.45, 2.75) is 51.1 Å². The van der Waals surface area contributed by atoms with Gasteiger partial charge in [-0.2, -0.15) is 0 Å². The van der Waals surface area contributed by atoms with Crippen molar-refractivity contribution < 1.29 is 22.7 Å². The highest BCUT2D eigenvalue weighted by atomic mass is 32.2. The Bertz CT molecular complexity index is 1630. The van der Waals surface area contributed by atoms with E-state index in [1.807, 2.05) is 50.2 Å². The number of carbonyl (C=O) groups is 1. The molecule has 0 aliphatic rings. The van der Waals surface area contributed by atoms with Crippen molar-refractivity contribution in [2.24, 2.45) is 0 Å². The predicted octanol–water partition coefficient (Wildman–Crippen LogP) is 7.02. The van der Waals surface area contributed by atoms with Gasteiger partial charge in [0.05, 0.1) is 43.0 Å². The summed E-state index contributed by atoms with van der Waals surface area (Å²) in [6.07, 6.45) is 0. The Kier molecular flexibility index (Phi) is 9.58. The van der Waals surface area contributed by atoms with Crippen LogP contribution in [0.5, 0.6) is 11.5 Å². The summed E-state index contributed by atoms with van der Waals surface area (Å²) in [5, 5.41) is 3.10. The van der Waals surface area contributed by atoms with Crippen molar-refractivity contribution in [2.75, 3.05) is 18.5 Å². The summed E-state index contributed by atoms with van der Waals surface area (Å²) in [5.41, 5.74) is 4.35. The Balaban J connectivity index is 1.74. The fourth-order valence-corrected chi connectivity index (χ4v) is 6.44. The molecule has 0 aromatic heterocycles. The van der Waals surface area contributed by atoms with Gasteiger partial charge in [-0.05, 0) is 90.6 Å². The first-order valence-electron chi connectivity index (χ1n) is 13.9. The number of nitrogens with zero attached hydrogens (tertiary/aromatic N) is 1. The van der Waals surface area contributed by atoms with Crippen molar-refractivity contribution in [1.29, 1.82) is 0 Å². The molecule has 0 spiro atoms. The minimum Gasteiger partial charge on any atom is -0.497 e.